The molecule has 0 spiro atoms. The molecule has 1 aliphatic heterocycles. The van der Waals surface area contributed by atoms with Gasteiger partial charge in [0.15, 0.2) is 0 Å². The number of aryl methyl sites for hydroxylation is 1. The first-order chi connectivity index (χ1) is 18.2. The predicted octanol–water partition coefficient (Wildman–Crippen LogP) is 6.74. The SMILES string of the molecule is C1CCNCC1.Cc1cc(C(=O)Nc2ccccc2-c2nc3cccnc3s2)nc(-c2ccccc2)c1. The average molecular weight is 508 g/mol. The first-order valence-electron chi connectivity index (χ1n) is 12.5. The van der Waals surface area contributed by atoms with Gasteiger partial charge in [0.1, 0.15) is 21.0 Å². The van der Waals surface area contributed by atoms with Gasteiger partial charge in [-0.25, -0.2) is 15.0 Å². The quantitative estimate of drug-likeness (QED) is 0.282. The number of benzene rings is 2. The van der Waals surface area contributed by atoms with Gasteiger partial charge in [-0.1, -0.05) is 60.2 Å². The van der Waals surface area contributed by atoms with Crippen molar-refractivity contribution in [3.63, 3.8) is 0 Å². The number of para-hydroxylation sites is 1. The van der Waals surface area contributed by atoms with Crippen molar-refractivity contribution in [3.8, 4) is 21.8 Å². The molecule has 0 aliphatic carbocycles. The van der Waals surface area contributed by atoms with Crippen LogP contribution < -0.4 is 10.6 Å². The Morgan fingerprint density at radius 1 is 0.892 bits per heavy atom. The predicted molar refractivity (Wildman–Crippen MR) is 152 cm³/mol. The fourth-order valence-corrected chi connectivity index (χ4v) is 5.14. The van der Waals surface area contributed by atoms with Crippen molar-refractivity contribution in [2.45, 2.75) is 26.2 Å². The highest BCUT2D eigenvalue weighted by Gasteiger charge is 2.15. The Balaban J connectivity index is 0.000000412. The Labute approximate surface area is 220 Å². The van der Waals surface area contributed by atoms with E-state index in [0.29, 0.717) is 11.4 Å². The molecule has 1 aliphatic rings. The first kappa shape index (κ1) is 24.7. The summed E-state index contributed by atoms with van der Waals surface area (Å²) < 4.78 is 0. The van der Waals surface area contributed by atoms with Crippen LogP contribution in [0, 0.1) is 6.92 Å². The molecule has 6 nitrogen and oxygen atoms in total. The zero-order valence-electron chi connectivity index (χ0n) is 20.8. The largest absolute Gasteiger partial charge is 0.320 e. The number of amides is 1. The smallest absolute Gasteiger partial charge is 0.274 e. The summed E-state index contributed by atoms with van der Waals surface area (Å²) in [5, 5.41) is 7.12. The van der Waals surface area contributed by atoms with Crippen molar-refractivity contribution in [1.82, 2.24) is 20.3 Å². The number of piperidine rings is 1. The number of carbonyl (C=O) groups is 1. The van der Waals surface area contributed by atoms with Gasteiger partial charge in [-0.2, -0.15) is 0 Å². The molecular formula is C30H29N5OS. The first-order valence-corrected chi connectivity index (χ1v) is 13.4. The third-order valence-electron chi connectivity index (χ3n) is 6.05. The van der Waals surface area contributed by atoms with Gasteiger partial charge in [0, 0.05) is 17.3 Å². The molecule has 3 aromatic heterocycles. The van der Waals surface area contributed by atoms with E-state index in [1.165, 1.54) is 43.7 Å². The minimum Gasteiger partial charge on any atom is -0.320 e. The van der Waals surface area contributed by atoms with Crippen LogP contribution in [-0.2, 0) is 0 Å². The zero-order valence-corrected chi connectivity index (χ0v) is 21.6. The van der Waals surface area contributed by atoms with Crippen LogP contribution in [0.4, 0.5) is 5.69 Å². The number of nitrogens with zero attached hydrogens (tertiary/aromatic N) is 3. The number of hydrogen-bond donors (Lipinski definition) is 2. The fraction of sp³-hybridized carbons (Fsp3) is 0.200. The van der Waals surface area contributed by atoms with Crippen LogP contribution in [0.15, 0.2) is 85.1 Å². The third kappa shape index (κ3) is 6.25. The highest BCUT2D eigenvalue weighted by Crippen LogP contribution is 2.33. The van der Waals surface area contributed by atoms with Crippen LogP contribution in [0.25, 0.3) is 32.2 Å². The molecule has 0 radical (unpaired) electrons. The van der Waals surface area contributed by atoms with Crippen LogP contribution in [0.2, 0.25) is 0 Å². The summed E-state index contributed by atoms with van der Waals surface area (Å²) in [4.78, 5) is 27.6. The van der Waals surface area contributed by atoms with E-state index in [1.807, 2.05) is 79.7 Å². The van der Waals surface area contributed by atoms with E-state index in [9.17, 15) is 4.79 Å². The molecule has 5 aromatic rings. The topological polar surface area (TPSA) is 79.8 Å². The van der Waals surface area contributed by atoms with E-state index in [2.05, 4.69) is 25.6 Å². The fourth-order valence-electron chi connectivity index (χ4n) is 4.19. The summed E-state index contributed by atoms with van der Waals surface area (Å²) in [6.07, 6.45) is 5.97. The van der Waals surface area contributed by atoms with Gasteiger partial charge in [-0.3, -0.25) is 4.79 Å². The normalized spacial score (nSPS) is 13.0. The molecule has 0 atom stereocenters. The number of fused-ring (bicyclic) bond motifs is 1. The second-order valence-corrected chi connectivity index (χ2v) is 9.92. The van der Waals surface area contributed by atoms with Gasteiger partial charge in [0.25, 0.3) is 5.91 Å². The molecule has 6 rings (SSSR count). The minimum atomic E-state index is -0.257. The summed E-state index contributed by atoms with van der Waals surface area (Å²) in [7, 11) is 0. The molecule has 1 saturated heterocycles. The number of nitrogens with one attached hydrogen (secondary N) is 2. The Hall–Kier alpha value is -3.94. The van der Waals surface area contributed by atoms with E-state index in [4.69, 9.17) is 0 Å². The molecule has 186 valence electrons. The maximum atomic E-state index is 13.1. The van der Waals surface area contributed by atoms with E-state index in [-0.39, 0.29) is 5.91 Å². The Morgan fingerprint density at radius 3 is 2.41 bits per heavy atom. The van der Waals surface area contributed by atoms with E-state index >= 15 is 0 Å². The molecule has 4 heterocycles. The van der Waals surface area contributed by atoms with E-state index in [0.717, 1.165) is 37.7 Å². The van der Waals surface area contributed by atoms with Gasteiger partial charge in [0.2, 0.25) is 0 Å². The van der Waals surface area contributed by atoms with Gasteiger partial charge >= 0.3 is 0 Å². The Kier molecular flexibility index (Phi) is 7.93. The Bertz CT molecular complexity index is 1450. The molecule has 0 saturated carbocycles. The van der Waals surface area contributed by atoms with Crippen LogP contribution in [0.3, 0.4) is 0 Å². The number of pyridine rings is 2. The summed E-state index contributed by atoms with van der Waals surface area (Å²) >= 11 is 1.50. The number of rotatable bonds is 4. The number of hydrogen-bond acceptors (Lipinski definition) is 6. The van der Waals surface area contributed by atoms with Crippen molar-refractivity contribution in [2.75, 3.05) is 18.4 Å². The summed E-state index contributed by atoms with van der Waals surface area (Å²) in [5.74, 6) is -0.257. The highest BCUT2D eigenvalue weighted by molar-refractivity contribution is 7.21. The monoisotopic (exact) mass is 507 g/mol. The van der Waals surface area contributed by atoms with E-state index in [1.54, 1.807) is 12.3 Å². The average Bonchev–Trinajstić information content (AvgIpc) is 3.39. The lowest BCUT2D eigenvalue weighted by Crippen LogP contribution is -2.21. The Morgan fingerprint density at radius 2 is 1.68 bits per heavy atom. The zero-order chi connectivity index (χ0) is 25.5. The molecule has 7 heteroatoms. The number of aromatic nitrogens is 3. The number of carbonyl (C=O) groups excluding carboxylic acids is 1. The summed E-state index contributed by atoms with van der Waals surface area (Å²) in [6, 6.07) is 25.1. The molecule has 2 aromatic carbocycles. The van der Waals surface area contributed by atoms with Gasteiger partial charge in [-0.05, 0) is 74.8 Å². The highest BCUT2D eigenvalue weighted by atomic mass is 32.1. The second kappa shape index (κ2) is 11.9. The number of thiazole rings is 1. The molecular weight excluding hydrogens is 478 g/mol. The van der Waals surface area contributed by atoms with Gasteiger partial charge < -0.3 is 10.6 Å². The van der Waals surface area contributed by atoms with Gasteiger partial charge in [0.05, 0.1) is 11.4 Å². The van der Waals surface area contributed by atoms with Gasteiger partial charge in [-0.15, -0.1) is 0 Å². The lowest BCUT2D eigenvalue weighted by molar-refractivity contribution is 0.102. The number of anilines is 1. The van der Waals surface area contributed by atoms with Crippen LogP contribution in [-0.4, -0.2) is 33.9 Å². The minimum absolute atomic E-state index is 0.257. The second-order valence-electron chi connectivity index (χ2n) is 8.94. The molecule has 0 unspecified atom stereocenters. The van der Waals surface area contributed by atoms with Crippen molar-refractivity contribution < 1.29 is 4.79 Å². The molecule has 37 heavy (non-hydrogen) atoms. The molecule has 1 amide bonds. The van der Waals surface area contributed by atoms with Crippen molar-refractivity contribution in [2.24, 2.45) is 0 Å². The van der Waals surface area contributed by atoms with Crippen molar-refractivity contribution in [3.05, 3.63) is 96.3 Å². The molecule has 0 bridgehead atoms. The van der Waals surface area contributed by atoms with Crippen LogP contribution >= 0.6 is 11.3 Å². The molecule has 1 fully saturated rings. The van der Waals surface area contributed by atoms with Crippen molar-refractivity contribution in [1.29, 1.82) is 0 Å². The lowest BCUT2D eigenvalue weighted by Gasteiger charge is -2.11. The summed E-state index contributed by atoms with van der Waals surface area (Å²) in [5.41, 5.74) is 5.49. The van der Waals surface area contributed by atoms with E-state index < -0.39 is 0 Å². The maximum absolute atomic E-state index is 13.1. The third-order valence-corrected chi connectivity index (χ3v) is 7.06. The summed E-state index contributed by atoms with van der Waals surface area (Å²) in [6.45, 7) is 4.47. The van der Waals surface area contributed by atoms with Crippen LogP contribution in [0.5, 0.6) is 0 Å². The van der Waals surface area contributed by atoms with Crippen LogP contribution in [0.1, 0.15) is 35.3 Å². The molecule has 2 N–H and O–H groups in total. The lowest BCUT2D eigenvalue weighted by atomic mass is 10.1. The maximum Gasteiger partial charge on any atom is 0.274 e. The standard InChI is InChI=1S/C25H18N4OS.C5H11N/c1-16-14-21(17-8-3-2-4-9-17)27-22(15-16)23(30)28-19-11-6-5-10-18(19)24-29-20-12-7-13-26-25(20)31-24;1-2-4-6-5-3-1/h2-15H,1H3,(H,28,30);6H,1-5H2. The van der Waals surface area contributed by atoms with Crippen molar-refractivity contribution >= 4 is 33.3 Å².